The van der Waals surface area contributed by atoms with E-state index in [1.807, 2.05) is 30.3 Å². The molecule has 0 unspecified atom stereocenters. The molecule has 8 heteroatoms. The number of para-hydroxylation sites is 1. The number of nitrogens with one attached hydrogen (secondary N) is 1. The lowest BCUT2D eigenvalue weighted by Gasteiger charge is -2.09. The number of carbonyl (C=O) groups excluding carboxylic acids is 2. The maximum Gasteiger partial charge on any atom is 0.331 e. The van der Waals surface area contributed by atoms with Crippen LogP contribution in [0, 0.1) is 0 Å². The van der Waals surface area contributed by atoms with Crippen LogP contribution in [0.5, 0.6) is 0 Å². The number of pyridine rings is 1. The summed E-state index contributed by atoms with van der Waals surface area (Å²) in [5.41, 5.74) is 1.61. The van der Waals surface area contributed by atoms with Gasteiger partial charge in [0.1, 0.15) is 0 Å². The van der Waals surface area contributed by atoms with Crippen molar-refractivity contribution in [3.63, 3.8) is 0 Å². The number of carbonyl (C=O) groups is 2. The van der Waals surface area contributed by atoms with Crippen molar-refractivity contribution in [2.45, 2.75) is 0 Å². The standard InChI is InChI=1S/C20H13Cl3N2O3/c21-13-9-15(22)20(16(23)10-13)25-18(26)11-28-19(27)8-7-14-6-5-12-3-1-2-4-17(12)24-14/h1-10H,11H2,(H,25,26)/b8-7+. The van der Waals surface area contributed by atoms with Gasteiger partial charge >= 0.3 is 5.97 Å². The zero-order valence-electron chi connectivity index (χ0n) is 14.3. The maximum absolute atomic E-state index is 12.0. The number of halogens is 3. The van der Waals surface area contributed by atoms with Crippen molar-refractivity contribution >= 4 is 69.3 Å². The molecule has 3 rings (SSSR count). The fraction of sp³-hybridized carbons (Fsp3) is 0.0500. The van der Waals surface area contributed by atoms with Gasteiger partial charge in [0.25, 0.3) is 5.91 Å². The molecule has 1 aromatic heterocycles. The summed E-state index contributed by atoms with van der Waals surface area (Å²) in [6.07, 6.45) is 2.71. The Balaban J connectivity index is 1.56. The minimum atomic E-state index is -0.682. The van der Waals surface area contributed by atoms with Crippen LogP contribution in [0.1, 0.15) is 5.69 Å². The van der Waals surface area contributed by atoms with Gasteiger partial charge in [0.2, 0.25) is 0 Å². The zero-order valence-corrected chi connectivity index (χ0v) is 16.6. The van der Waals surface area contributed by atoms with E-state index in [9.17, 15) is 9.59 Å². The van der Waals surface area contributed by atoms with Crippen LogP contribution in [0.2, 0.25) is 15.1 Å². The Morgan fingerprint density at radius 3 is 2.50 bits per heavy atom. The first-order valence-electron chi connectivity index (χ1n) is 8.07. The minimum Gasteiger partial charge on any atom is -0.452 e. The lowest BCUT2D eigenvalue weighted by molar-refractivity contribution is -0.142. The predicted octanol–water partition coefficient (Wildman–Crippen LogP) is 5.39. The molecule has 0 bridgehead atoms. The second-order valence-electron chi connectivity index (χ2n) is 5.66. The van der Waals surface area contributed by atoms with E-state index in [0.29, 0.717) is 10.7 Å². The van der Waals surface area contributed by atoms with Crippen molar-refractivity contribution in [2.75, 3.05) is 11.9 Å². The molecule has 0 saturated heterocycles. The van der Waals surface area contributed by atoms with Gasteiger partial charge in [0.15, 0.2) is 6.61 Å². The molecule has 0 aliphatic heterocycles. The molecule has 0 saturated carbocycles. The number of hydrogen-bond donors (Lipinski definition) is 1. The number of amides is 1. The summed E-state index contributed by atoms with van der Waals surface area (Å²) < 4.78 is 4.91. The van der Waals surface area contributed by atoms with Gasteiger partial charge in [-0.2, -0.15) is 0 Å². The van der Waals surface area contributed by atoms with Gasteiger partial charge in [0.05, 0.1) is 26.9 Å². The fourth-order valence-electron chi connectivity index (χ4n) is 2.35. The number of fused-ring (bicyclic) bond motifs is 1. The Labute approximate surface area is 175 Å². The number of hydrogen-bond acceptors (Lipinski definition) is 4. The van der Waals surface area contributed by atoms with Crippen LogP contribution in [-0.4, -0.2) is 23.5 Å². The number of ether oxygens (including phenoxy) is 1. The molecule has 0 radical (unpaired) electrons. The van der Waals surface area contributed by atoms with Crippen molar-refractivity contribution < 1.29 is 14.3 Å². The Morgan fingerprint density at radius 2 is 1.75 bits per heavy atom. The first-order valence-corrected chi connectivity index (χ1v) is 9.21. The summed E-state index contributed by atoms with van der Waals surface area (Å²) in [5, 5.41) is 4.18. The van der Waals surface area contributed by atoms with Gasteiger partial charge in [-0.15, -0.1) is 0 Å². The Kier molecular flexibility index (Phi) is 6.52. The van der Waals surface area contributed by atoms with E-state index in [2.05, 4.69) is 10.3 Å². The molecule has 0 atom stereocenters. The van der Waals surface area contributed by atoms with Crippen molar-refractivity contribution in [3.05, 3.63) is 75.4 Å². The zero-order chi connectivity index (χ0) is 20.1. The van der Waals surface area contributed by atoms with Gasteiger partial charge in [-0.25, -0.2) is 9.78 Å². The van der Waals surface area contributed by atoms with Crippen LogP contribution < -0.4 is 5.32 Å². The van der Waals surface area contributed by atoms with Crippen LogP contribution in [0.15, 0.2) is 54.6 Å². The summed E-state index contributed by atoms with van der Waals surface area (Å²) in [7, 11) is 0. The molecule has 28 heavy (non-hydrogen) atoms. The molecule has 0 aliphatic rings. The van der Waals surface area contributed by atoms with E-state index >= 15 is 0 Å². The Bertz CT molecular complexity index is 1060. The molecule has 142 valence electrons. The molecule has 2 aromatic carbocycles. The van der Waals surface area contributed by atoms with E-state index < -0.39 is 18.5 Å². The molecule has 0 spiro atoms. The first kappa shape index (κ1) is 20.1. The predicted molar refractivity (Wildman–Crippen MR) is 112 cm³/mol. The van der Waals surface area contributed by atoms with Crippen LogP contribution >= 0.6 is 34.8 Å². The molecular formula is C20H13Cl3N2O3. The second-order valence-corrected chi connectivity index (χ2v) is 6.91. The van der Waals surface area contributed by atoms with Crippen LogP contribution in [0.4, 0.5) is 5.69 Å². The number of nitrogens with zero attached hydrogens (tertiary/aromatic N) is 1. The molecule has 0 aliphatic carbocycles. The smallest absolute Gasteiger partial charge is 0.331 e. The largest absolute Gasteiger partial charge is 0.452 e. The molecule has 3 aromatic rings. The van der Waals surface area contributed by atoms with E-state index in [1.165, 1.54) is 24.3 Å². The summed E-state index contributed by atoms with van der Waals surface area (Å²) >= 11 is 17.8. The average molecular weight is 436 g/mol. The quantitative estimate of drug-likeness (QED) is 0.431. The fourth-order valence-corrected chi connectivity index (χ4v) is 3.26. The minimum absolute atomic E-state index is 0.180. The SMILES string of the molecule is O=C(COC(=O)/C=C/c1ccc2ccccc2n1)Nc1c(Cl)cc(Cl)cc1Cl. The van der Waals surface area contributed by atoms with E-state index in [-0.39, 0.29) is 15.7 Å². The third kappa shape index (κ3) is 5.23. The van der Waals surface area contributed by atoms with Gasteiger partial charge in [-0.05, 0) is 30.3 Å². The topological polar surface area (TPSA) is 68.3 Å². The summed E-state index contributed by atoms with van der Waals surface area (Å²) in [4.78, 5) is 28.2. The van der Waals surface area contributed by atoms with Gasteiger partial charge in [-0.1, -0.05) is 59.1 Å². The van der Waals surface area contributed by atoms with Crippen molar-refractivity contribution in [3.8, 4) is 0 Å². The third-order valence-corrected chi connectivity index (χ3v) is 4.44. The third-order valence-electron chi connectivity index (χ3n) is 3.63. The molecule has 1 heterocycles. The Morgan fingerprint density at radius 1 is 1.04 bits per heavy atom. The van der Waals surface area contributed by atoms with Gasteiger partial charge in [-0.3, -0.25) is 4.79 Å². The highest BCUT2D eigenvalue weighted by Gasteiger charge is 2.12. The maximum atomic E-state index is 12.0. The highest BCUT2D eigenvalue weighted by atomic mass is 35.5. The first-order chi connectivity index (χ1) is 13.4. The van der Waals surface area contributed by atoms with Gasteiger partial charge in [0, 0.05) is 16.5 Å². The van der Waals surface area contributed by atoms with Crippen molar-refractivity contribution in [1.82, 2.24) is 4.98 Å². The number of anilines is 1. The molecule has 0 fully saturated rings. The average Bonchev–Trinajstić information content (AvgIpc) is 2.67. The summed E-state index contributed by atoms with van der Waals surface area (Å²) in [6, 6.07) is 14.2. The number of benzene rings is 2. The number of rotatable bonds is 5. The van der Waals surface area contributed by atoms with Crippen LogP contribution in [0.3, 0.4) is 0 Å². The number of aromatic nitrogens is 1. The van der Waals surface area contributed by atoms with E-state index in [4.69, 9.17) is 39.5 Å². The Hall–Kier alpha value is -2.60. The highest BCUT2D eigenvalue weighted by Crippen LogP contribution is 2.33. The monoisotopic (exact) mass is 434 g/mol. The lowest BCUT2D eigenvalue weighted by atomic mass is 10.2. The normalized spacial score (nSPS) is 11.0. The van der Waals surface area contributed by atoms with Crippen LogP contribution in [0.25, 0.3) is 17.0 Å². The molecule has 1 N–H and O–H groups in total. The molecular weight excluding hydrogens is 423 g/mol. The van der Waals surface area contributed by atoms with Gasteiger partial charge < -0.3 is 10.1 Å². The lowest BCUT2D eigenvalue weighted by Crippen LogP contribution is -2.20. The second kappa shape index (κ2) is 9.06. The van der Waals surface area contributed by atoms with E-state index in [1.54, 1.807) is 6.07 Å². The highest BCUT2D eigenvalue weighted by molar-refractivity contribution is 6.42. The van der Waals surface area contributed by atoms with Crippen molar-refractivity contribution in [1.29, 1.82) is 0 Å². The summed E-state index contributed by atoms with van der Waals surface area (Å²) in [6.45, 7) is -0.496. The van der Waals surface area contributed by atoms with Crippen LogP contribution in [-0.2, 0) is 14.3 Å². The molecule has 1 amide bonds. The number of esters is 1. The molecule has 5 nitrogen and oxygen atoms in total. The van der Waals surface area contributed by atoms with E-state index in [0.717, 1.165) is 10.9 Å². The summed E-state index contributed by atoms with van der Waals surface area (Å²) in [5.74, 6) is -1.27. The van der Waals surface area contributed by atoms with Crippen molar-refractivity contribution in [2.24, 2.45) is 0 Å².